The van der Waals surface area contributed by atoms with Gasteiger partial charge in [0, 0.05) is 12.8 Å². The fourth-order valence-corrected chi connectivity index (χ4v) is 7.51. The first-order valence-electron chi connectivity index (χ1n) is 25.2. The molecule has 6 nitrogen and oxygen atoms in total. The van der Waals surface area contributed by atoms with E-state index in [0.29, 0.717) is 32.3 Å². The number of esters is 1. The van der Waals surface area contributed by atoms with Crippen LogP contribution in [0.3, 0.4) is 0 Å². The van der Waals surface area contributed by atoms with E-state index in [1.54, 1.807) is 0 Å². The van der Waals surface area contributed by atoms with Crippen molar-refractivity contribution in [3.05, 3.63) is 36.5 Å². The number of carbonyl (C=O) groups excluding carboxylic acids is 2. The molecule has 0 aromatic rings. The molecule has 3 N–H and O–H groups in total. The van der Waals surface area contributed by atoms with Gasteiger partial charge in [-0.3, -0.25) is 9.59 Å². The molecule has 58 heavy (non-hydrogen) atoms. The first-order chi connectivity index (χ1) is 28.5. The Morgan fingerprint density at radius 3 is 1.36 bits per heavy atom. The highest BCUT2D eigenvalue weighted by Crippen LogP contribution is 2.15. The summed E-state index contributed by atoms with van der Waals surface area (Å²) in [5, 5.41) is 23.0. The minimum atomic E-state index is -0.698. The van der Waals surface area contributed by atoms with Crippen LogP contribution in [-0.2, 0) is 14.3 Å². The van der Waals surface area contributed by atoms with Crippen molar-refractivity contribution in [1.82, 2.24) is 5.32 Å². The van der Waals surface area contributed by atoms with Gasteiger partial charge in [0.15, 0.2) is 0 Å². The normalized spacial score (nSPS) is 13.0. The third-order valence-corrected chi connectivity index (χ3v) is 11.4. The zero-order valence-corrected chi connectivity index (χ0v) is 38.5. The Hall–Kier alpha value is -1.92. The monoisotopic (exact) mass is 816 g/mol. The number of unbranched alkanes of at least 4 members (excludes halogenated alkanes) is 29. The summed E-state index contributed by atoms with van der Waals surface area (Å²) in [4.78, 5) is 24.4. The molecule has 340 valence electrons. The third-order valence-electron chi connectivity index (χ3n) is 11.4. The second-order valence-electron chi connectivity index (χ2n) is 17.1. The molecule has 0 bridgehead atoms. The molecule has 0 aliphatic rings. The third kappa shape index (κ3) is 43.7. The fraction of sp³-hybridized carbons (Fsp3) is 0.846. The van der Waals surface area contributed by atoms with Crippen molar-refractivity contribution in [2.75, 3.05) is 13.2 Å². The van der Waals surface area contributed by atoms with Gasteiger partial charge in [-0.15, -0.1) is 0 Å². The quantitative estimate of drug-likeness (QED) is 0.0323. The van der Waals surface area contributed by atoms with E-state index in [1.165, 1.54) is 167 Å². The van der Waals surface area contributed by atoms with Gasteiger partial charge < -0.3 is 20.3 Å². The minimum absolute atomic E-state index is 0.0211. The molecule has 0 aromatic heterocycles. The van der Waals surface area contributed by atoms with Crippen LogP contribution in [0.15, 0.2) is 36.5 Å². The zero-order chi connectivity index (χ0) is 42.3. The highest BCUT2D eigenvalue weighted by molar-refractivity contribution is 5.76. The number of rotatable bonds is 46. The molecule has 0 heterocycles. The Balaban J connectivity index is 3.53. The number of carbonyl (C=O) groups is 2. The lowest BCUT2D eigenvalue weighted by atomic mass is 10.0. The van der Waals surface area contributed by atoms with Gasteiger partial charge in [0.25, 0.3) is 0 Å². The summed E-state index contributed by atoms with van der Waals surface area (Å²) in [6.45, 7) is 4.86. The molecule has 0 aromatic carbocycles. The van der Waals surface area contributed by atoms with Gasteiger partial charge in [0.2, 0.25) is 5.91 Å². The highest BCUT2D eigenvalue weighted by atomic mass is 16.5. The molecule has 0 aliphatic carbocycles. The summed E-state index contributed by atoms with van der Waals surface area (Å²) in [6, 6.07) is -0.584. The number of hydrogen-bond acceptors (Lipinski definition) is 5. The Labute approximate surface area is 360 Å². The van der Waals surface area contributed by atoms with E-state index >= 15 is 0 Å². The zero-order valence-electron chi connectivity index (χ0n) is 38.5. The van der Waals surface area contributed by atoms with Gasteiger partial charge in [-0.05, 0) is 70.6 Å². The molecule has 0 aliphatic heterocycles. The predicted octanol–water partition coefficient (Wildman–Crippen LogP) is 14.9. The van der Waals surface area contributed by atoms with Crippen LogP contribution in [0.2, 0.25) is 0 Å². The summed E-state index contributed by atoms with van der Waals surface area (Å²) in [6.07, 6.45) is 57.0. The van der Waals surface area contributed by atoms with E-state index in [1.807, 2.05) is 6.08 Å². The Kier molecular flexibility index (Phi) is 46.2. The number of nitrogens with one attached hydrogen (secondary N) is 1. The SMILES string of the molecule is CCCCCCCC/C=C\CCCCCCCCCC(=O)OCCCCCCCC/C=C\C/C=C\CCC(=O)NC(CO)C(O)CCCCCCCCCCCCC. The van der Waals surface area contributed by atoms with Crippen LogP contribution in [0.4, 0.5) is 0 Å². The molecule has 2 unspecified atom stereocenters. The van der Waals surface area contributed by atoms with E-state index in [0.717, 1.165) is 51.4 Å². The van der Waals surface area contributed by atoms with Crippen LogP contribution >= 0.6 is 0 Å². The Bertz CT molecular complexity index is 946. The van der Waals surface area contributed by atoms with Crippen LogP contribution in [0.5, 0.6) is 0 Å². The van der Waals surface area contributed by atoms with Gasteiger partial charge in [0.1, 0.15) is 0 Å². The largest absolute Gasteiger partial charge is 0.466 e. The van der Waals surface area contributed by atoms with Crippen molar-refractivity contribution < 1.29 is 24.5 Å². The Morgan fingerprint density at radius 1 is 0.483 bits per heavy atom. The van der Waals surface area contributed by atoms with Crippen molar-refractivity contribution in [3.8, 4) is 0 Å². The van der Waals surface area contributed by atoms with Crippen LogP contribution < -0.4 is 5.32 Å². The number of amides is 1. The lowest BCUT2D eigenvalue weighted by Crippen LogP contribution is -2.45. The minimum Gasteiger partial charge on any atom is -0.466 e. The van der Waals surface area contributed by atoms with Crippen molar-refractivity contribution in [3.63, 3.8) is 0 Å². The summed E-state index contributed by atoms with van der Waals surface area (Å²) in [7, 11) is 0. The maximum absolute atomic E-state index is 12.4. The lowest BCUT2D eigenvalue weighted by molar-refractivity contribution is -0.143. The van der Waals surface area contributed by atoms with E-state index in [-0.39, 0.29) is 18.5 Å². The molecule has 0 rings (SSSR count). The van der Waals surface area contributed by atoms with E-state index in [9.17, 15) is 19.8 Å². The van der Waals surface area contributed by atoms with Crippen LogP contribution in [-0.4, -0.2) is 47.4 Å². The van der Waals surface area contributed by atoms with E-state index in [4.69, 9.17) is 4.74 Å². The van der Waals surface area contributed by atoms with Crippen molar-refractivity contribution in [2.45, 2.75) is 270 Å². The molecule has 2 atom stereocenters. The van der Waals surface area contributed by atoms with Gasteiger partial charge in [-0.25, -0.2) is 0 Å². The van der Waals surface area contributed by atoms with Gasteiger partial charge >= 0.3 is 5.97 Å². The summed E-state index contributed by atoms with van der Waals surface area (Å²) in [5.41, 5.74) is 0. The Morgan fingerprint density at radius 2 is 0.879 bits per heavy atom. The maximum Gasteiger partial charge on any atom is 0.305 e. The van der Waals surface area contributed by atoms with Crippen molar-refractivity contribution in [2.24, 2.45) is 0 Å². The number of ether oxygens (including phenoxy) is 1. The summed E-state index contributed by atoms with van der Waals surface area (Å²) >= 11 is 0. The second kappa shape index (κ2) is 47.8. The first kappa shape index (κ1) is 56.1. The average molecular weight is 816 g/mol. The number of hydrogen-bond donors (Lipinski definition) is 3. The summed E-state index contributed by atoms with van der Waals surface area (Å²) < 4.78 is 5.45. The molecule has 0 saturated carbocycles. The first-order valence-corrected chi connectivity index (χ1v) is 25.2. The molecular formula is C52H97NO5. The van der Waals surface area contributed by atoms with E-state index < -0.39 is 12.1 Å². The maximum atomic E-state index is 12.4. The molecule has 0 fully saturated rings. The smallest absolute Gasteiger partial charge is 0.305 e. The average Bonchev–Trinajstić information content (AvgIpc) is 3.22. The molecule has 0 radical (unpaired) electrons. The highest BCUT2D eigenvalue weighted by Gasteiger charge is 2.19. The van der Waals surface area contributed by atoms with Crippen LogP contribution in [0.1, 0.15) is 258 Å². The molecule has 1 amide bonds. The lowest BCUT2D eigenvalue weighted by Gasteiger charge is -2.22. The number of aliphatic hydroxyl groups is 2. The number of aliphatic hydroxyl groups excluding tert-OH is 2. The molecular weight excluding hydrogens is 719 g/mol. The van der Waals surface area contributed by atoms with Gasteiger partial charge in [-0.2, -0.15) is 0 Å². The fourth-order valence-electron chi connectivity index (χ4n) is 7.51. The molecule has 0 saturated heterocycles. The second-order valence-corrected chi connectivity index (χ2v) is 17.1. The summed E-state index contributed by atoms with van der Waals surface area (Å²) in [5.74, 6) is -0.139. The van der Waals surface area contributed by atoms with Gasteiger partial charge in [0.05, 0.1) is 25.4 Å². The van der Waals surface area contributed by atoms with E-state index in [2.05, 4.69) is 49.5 Å². The topological polar surface area (TPSA) is 95.9 Å². The van der Waals surface area contributed by atoms with Crippen molar-refractivity contribution >= 4 is 11.9 Å². The standard InChI is InChI=1S/C52H97NO5/c1-3-5-7-9-11-13-15-16-17-18-19-22-26-30-34-38-42-46-52(57)58-47-43-39-35-31-27-23-20-21-25-29-33-37-41-45-51(56)53-49(48-54)50(55)44-40-36-32-28-24-14-12-10-8-6-4-2/h16-17,21,25,33,37,49-50,54-55H,3-15,18-20,22-24,26-32,34-36,38-48H2,1-2H3,(H,53,56)/b17-16-,25-21-,37-33-. The predicted molar refractivity (Wildman–Crippen MR) is 250 cm³/mol. The molecule has 6 heteroatoms. The molecule has 0 spiro atoms. The van der Waals surface area contributed by atoms with Gasteiger partial charge in [-0.1, -0.05) is 211 Å². The van der Waals surface area contributed by atoms with Crippen LogP contribution in [0, 0.1) is 0 Å². The number of allylic oxidation sites excluding steroid dienone is 6. The van der Waals surface area contributed by atoms with Crippen LogP contribution in [0.25, 0.3) is 0 Å². The van der Waals surface area contributed by atoms with Crippen molar-refractivity contribution in [1.29, 1.82) is 0 Å².